The van der Waals surface area contributed by atoms with Gasteiger partial charge < -0.3 is 28.9 Å². The molecule has 0 spiro atoms. The first-order valence-electron chi connectivity index (χ1n) is 8.39. The maximum absolute atomic E-state index is 12.8. The van der Waals surface area contributed by atoms with Gasteiger partial charge in [-0.15, -0.1) is 0 Å². The van der Waals surface area contributed by atoms with Gasteiger partial charge in [0.15, 0.2) is 0 Å². The van der Waals surface area contributed by atoms with Crippen molar-refractivity contribution in [2.24, 2.45) is 0 Å². The Labute approximate surface area is 166 Å². The first-order chi connectivity index (χ1) is 13.6. The minimum absolute atomic E-state index is 0.0292. The van der Waals surface area contributed by atoms with Gasteiger partial charge in [-0.3, -0.25) is 18.2 Å². The molecule has 1 aliphatic rings. The Morgan fingerprint density at radius 2 is 1.97 bits per heavy atom. The molecule has 11 nitrogen and oxygen atoms in total. The number of ether oxygens (including phenoxy) is 2. The Morgan fingerprint density at radius 3 is 2.55 bits per heavy atom. The molecule has 2 aromatic rings. The van der Waals surface area contributed by atoms with Crippen LogP contribution in [0, 0.1) is 0 Å². The molecule has 1 aromatic heterocycles. The molecule has 2 unspecified atom stereocenters. The minimum atomic E-state index is -5.10. The summed E-state index contributed by atoms with van der Waals surface area (Å²) in [6.07, 6.45) is 2.11. The largest absolute Gasteiger partial charge is 0.466 e. The van der Waals surface area contributed by atoms with Gasteiger partial charge in [-0.2, -0.15) is 0 Å². The molecular formula is C16H20N2O9P2. The van der Waals surface area contributed by atoms with Crippen molar-refractivity contribution in [3.05, 3.63) is 61.1 Å². The van der Waals surface area contributed by atoms with E-state index in [9.17, 15) is 24.0 Å². The normalized spacial score (nSPS) is 31.9. The van der Waals surface area contributed by atoms with Crippen molar-refractivity contribution in [3.63, 3.8) is 0 Å². The number of imidazole rings is 1. The van der Waals surface area contributed by atoms with Gasteiger partial charge in [0.25, 0.3) is 11.0 Å². The molecule has 1 aliphatic heterocycles. The van der Waals surface area contributed by atoms with E-state index in [0.717, 1.165) is 4.57 Å². The van der Waals surface area contributed by atoms with E-state index in [0.29, 0.717) is 0 Å². The average molecular weight is 446 g/mol. The predicted octanol–water partition coefficient (Wildman–Crippen LogP) is 2.53. The number of nitrogens with zero attached hydrogens (tertiary/aromatic N) is 2. The van der Waals surface area contributed by atoms with Gasteiger partial charge in [-0.1, -0.05) is 18.2 Å². The lowest BCUT2D eigenvalue weighted by Gasteiger charge is -2.41. The third-order valence-electron chi connectivity index (χ3n) is 4.04. The lowest BCUT2D eigenvalue weighted by atomic mass is 10.2. The van der Waals surface area contributed by atoms with E-state index >= 15 is 0 Å². The van der Waals surface area contributed by atoms with Crippen LogP contribution >= 0.6 is 15.2 Å². The summed E-state index contributed by atoms with van der Waals surface area (Å²) in [5, 5.41) is 7.56. The monoisotopic (exact) mass is 446 g/mol. The van der Waals surface area contributed by atoms with Crippen LogP contribution in [-0.2, 0) is 29.5 Å². The molecular weight excluding hydrogens is 426 g/mol. The van der Waals surface area contributed by atoms with Crippen LogP contribution in [0.5, 0.6) is 5.75 Å². The minimum Gasteiger partial charge on any atom is -0.466 e. The fourth-order valence-electron chi connectivity index (χ4n) is 2.61. The Morgan fingerprint density at radius 1 is 1.31 bits per heavy atom. The molecule has 2 atom stereocenters. The van der Waals surface area contributed by atoms with Gasteiger partial charge in [0.05, 0.1) is 25.0 Å². The van der Waals surface area contributed by atoms with Gasteiger partial charge in [0.2, 0.25) is 6.29 Å². The third-order valence-corrected chi connectivity index (χ3v) is 8.60. The van der Waals surface area contributed by atoms with Gasteiger partial charge >= 0.3 is 15.2 Å². The van der Waals surface area contributed by atoms with Crippen molar-refractivity contribution in [2.45, 2.75) is 24.8 Å². The lowest BCUT2D eigenvalue weighted by Crippen LogP contribution is -2.39. The molecule has 1 aromatic carbocycles. The Balaban J connectivity index is 1.94. The van der Waals surface area contributed by atoms with Crippen molar-refractivity contribution in [1.82, 2.24) is 9.55 Å². The highest BCUT2D eigenvalue weighted by atomic mass is 31.2. The molecule has 1 fully saturated rings. The smallest absolute Gasteiger partial charge is 0.376 e. The van der Waals surface area contributed by atoms with Gasteiger partial charge in [-0.05, 0) is 19.6 Å². The fraction of sp³-hybridized carbons (Fsp3) is 0.312. The summed E-state index contributed by atoms with van der Waals surface area (Å²) < 4.78 is 47.4. The summed E-state index contributed by atoms with van der Waals surface area (Å²) in [5.41, 5.74) is 0.0292. The Bertz CT molecular complexity index is 953. The second kappa shape index (κ2) is 8.04. The first kappa shape index (κ1) is 21.7. The van der Waals surface area contributed by atoms with Crippen LogP contribution in [0.4, 0.5) is 0 Å². The number of para-hydroxylation sites is 1. The molecule has 0 saturated carbocycles. The zero-order valence-electron chi connectivity index (χ0n) is 15.3. The third kappa shape index (κ3) is 4.17. The highest BCUT2D eigenvalue weighted by Crippen LogP contribution is 2.78. The SMILES string of the molecule is C=C(OCC)Oc1ccccc1C1OP(=O)(O)C(O)(Cn2ccnc2)P(=O)(O)O1. The number of rotatable bonds is 7. The predicted molar refractivity (Wildman–Crippen MR) is 99.6 cm³/mol. The van der Waals surface area contributed by atoms with Crippen molar-refractivity contribution in [3.8, 4) is 5.75 Å². The molecule has 2 heterocycles. The number of hydrogen-bond acceptors (Lipinski definition) is 8. The summed E-state index contributed by atoms with van der Waals surface area (Å²) >= 11 is 0. The second-order valence-electron chi connectivity index (χ2n) is 6.04. The molecule has 3 N–H and O–H groups in total. The van der Waals surface area contributed by atoms with Crippen molar-refractivity contribution >= 4 is 15.2 Å². The maximum Gasteiger partial charge on any atom is 0.376 e. The molecule has 1 saturated heterocycles. The van der Waals surface area contributed by atoms with Crippen LogP contribution in [-0.4, -0.2) is 36.1 Å². The molecule has 0 bridgehead atoms. The van der Waals surface area contributed by atoms with E-state index in [4.69, 9.17) is 18.5 Å². The summed E-state index contributed by atoms with van der Waals surface area (Å²) in [5.74, 6) is 0.00253. The molecule has 13 heteroatoms. The van der Waals surface area contributed by atoms with Gasteiger partial charge in [0.1, 0.15) is 5.75 Å². The zero-order valence-corrected chi connectivity index (χ0v) is 17.1. The first-order valence-corrected chi connectivity index (χ1v) is 11.5. The number of benzene rings is 1. The number of hydrogen-bond donors (Lipinski definition) is 3. The summed E-state index contributed by atoms with van der Waals surface area (Å²) in [6.45, 7) is 4.82. The molecule has 29 heavy (non-hydrogen) atoms. The van der Waals surface area contributed by atoms with E-state index in [1.165, 1.54) is 36.9 Å². The number of aliphatic hydroxyl groups is 1. The highest BCUT2D eigenvalue weighted by molar-refractivity contribution is 7.73. The summed E-state index contributed by atoms with van der Waals surface area (Å²) in [4.78, 5) is 24.5. The van der Waals surface area contributed by atoms with Crippen LogP contribution in [0.15, 0.2) is 55.5 Å². The van der Waals surface area contributed by atoms with E-state index in [2.05, 4.69) is 11.6 Å². The van der Waals surface area contributed by atoms with E-state index in [-0.39, 0.29) is 23.9 Å². The van der Waals surface area contributed by atoms with Crippen LogP contribution in [0.3, 0.4) is 0 Å². The maximum atomic E-state index is 12.8. The Kier molecular flexibility index (Phi) is 6.03. The van der Waals surface area contributed by atoms with Gasteiger partial charge in [-0.25, -0.2) is 4.98 Å². The average Bonchev–Trinajstić information content (AvgIpc) is 3.13. The zero-order chi connectivity index (χ0) is 21.3. The van der Waals surface area contributed by atoms with Crippen LogP contribution in [0.25, 0.3) is 0 Å². The number of aromatic nitrogens is 2. The lowest BCUT2D eigenvalue weighted by molar-refractivity contribution is -0.0620. The topological polar surface area (TPSA) is 150 Å². The molecule has 3 rings (SSSR count). The van der Waals surface area contributed by atoms with Crippen molar-refractivity contribution in [1.29, 1.82) is 0 Å². The van der Waals surface area contributed by atoms with Crippen molar-refractivity contribution in [2.75, 3.05) is 6.61 Å². The second-order valence-corrected chi connectivity index (χ2v) is 10.4. The Hall–Kier alpha value is -1.97. The molecule has 158 valence electrons. The fourth-order valence-corrected chi connectivity index (χ4v) is 6.09. The van der Waals surface area contributed by atoms with Crippen molar-refractivity contribution < 1.29 is 42.5 Å². The van der Waals surface area contributed by atoms with Crippen LogP contribution in [0.2, 0.25) is 0 Å². The molecule has 0 aliphatic carbocycles. The quantitative estimate of drug-likeness (QED) is 0.428. The molecule has 0 radical (unpaired) electrons. The van der Waals surface area contributed by atoms with Crippen LogP contribution < -0.4 is 4.74 Å². The molecule has 0 amide bonds. The van der Waals surface area contributed by atoms with Crippen LogP contribution in [0.1, 0.15) is 18.8 Å². The van der Waals surface area contributed by atoms with E-state index in [1.807, 2.05) is 0 Å². The van der Waals surface area contributed by atoms with E-state index in [1.54, 1.807) is 13.0 Å². The summed E-state index contributed by atoms with van der Waals surface area (Å²) in [6, 6.07) is 5.99. The van der Waals surface area contributed by atoms with Gasteiger partial charge in [0, 0.05) is 12.4 Å². The van der Waals surface area contributed by atoms with E-state index < -0.39 is 33.1 Å². The highest BCUT2D eigenvalue weighted by Gasteiger charge is 2.67. The standard InChI is InChI=1S/C16H20N2O9P2/c1-3-24-12(2)25-14-7-5-4-6-13(14)15-26-28(20,21)16(19,29(22,23)27-15)10-18-9-8-17-11-18/h4-9,11,15,19H,2-3,10H2,1H3,(H,20,21)(H,22,23). The summed E-state index contributed by atoms with van der Waals surface area (Å²) in [7, 11) is -10.2.